The lowest BCUT2D eigenvalue weighted by Gasteiger charge is -2.59. The molecule has 3 nitrogen and oxygen atoms in total. The molecule has 1 heterocycles. The normalized spacial score (nSPS) is 51.9. The van der Waals surface area contributed by atoms with E-state index in [2.05, 4.69) is 25.8 Å². The fraction of sp³-hybridized carbons (Fsp3) is 0.826. The Morgan fingerprint density at radius 2 is 1.81 bits per heavy atom. The van der Waals surface area contributed by atoms with Crippen molar-refractivity contribution in [2.75, 3.05) is 13.2 Å². The molecule has 1 N–H and O–H groups in total. The Bertz CT molecular complexity index is 684. The Hall–Kier alpha value is -0.820. The summed E-state index contributed by atoms with van der Waals surface area (Å²) in [5, 5.41) is 11.1. The minimum atomic E-state index is -0.907. The van der Waals surface area contributed by atoms with Crippen molar-refractivity contribution in [1.82, 2.24) is 0 Å². The molecule has 0 aromatic heterocycles. The van der Waals surface area contributed by atoms with Gasteiger partial charge in [0.05, 0.1) is 13.2 Å². The highest BCUT2D eigenvalue weighted by molar-refractivity contribution is 5.29. The van der Waals surface area contributed by atoms with Gasteiger partial charge in [-0.25, -0.2) is 0 Å². The molecule has 0 radical (unpaired) electrons. The summed E-state index contributed by atoms with van der Waals surface area (Å²) < 4.78 is 12.0. The van der Waals surface area contributed by atoms with Crippen LogP contribution in [0.1, 0.15) is 65.2 Å². The van der Waals surface area contributed by atoms with Crippen molar-refractivity contribution in [3.8, 4) is 12.3 Å². The molecule has 0 aromatic carbocycles. The van der Waals surface area contributed by atoms with Crippen LogP contribution >= 0.6 is 0 Å². The van der Waals surface area contributed by atoms with Crippen LogP contribution < -0.4 is 0 Å². The first kappa shape index (κ1) is 17.3. The number of ether oxygens (including phenoxy) is 2. The fourth-order valence-electron chi connectivity index (χ4n) is 7.60. The van der Waals surface area contributed by atoms with Gasteiger partial charge in [-0.05, 0) is 61.7 Å². The summed E-state index contributed by atoms with van der Waals surface area (Å²) in [6, 6.07) is 0. The number of hydrogen-bond donors (Lipinski definition) is 1. The number of fused-ring (bicyclic) bond motifs is 5. The SMILES string of the molecule is C#C[C@]1(O)CCC2C3CC=C4CC5(CC[C@]4(C)C3CC[C@@]21C)OCCO5. The van der Waals surface area contributed by atoms with E-state index in [-0.39, 0.29) is 16.6 Å². The zero-order valence-electron chi connectivity index (χ0n) is 16.2. The lowest BCUT2D eigenvalue weighted by molar-refractivity contribution is -0.186. The number of rotatable bonds is 0. The van der Waals surface area contributed by atoms with Crippen molar-refractivity contribution < 1.29 is 14.6 Å². The van der Waals surface area contributed by atoms with Crippen LogP contribution in [0.3, 0.4) is 0 Å². The largest absolute Gasteiger partial charge is 0.377 e. The highest BCUT2D eigenvalue weighted by Crippen LogP contribution is 2.67. The second-order valence-corrected chi connectivity index (χ2v) is 10.0. The van der Waals surface area contributed by atoms with E-state index in [4.69, 9.17) is 15.9 Å². The van der Waals surface area contributed by atoms with E-state index in [0.29, 0.717) is 17.8 Å². The summed E-state index contributed by atoms with van der Waals surface area (Å²) in [6.45, 7) is 6.23. The fourth-order valence-corrected chi connectivity index (χ4v) is 7.60. The maximum absolute atomic E-state index is 11.1. The second kappa shape index (κ2) is 5.37. The molecule has 3 saturated carbocycles. The Kier molecular flexibility index (Phi) is 3.57. The number of allylic oxidation sites excluding steroid dienone is 1. The maximum Gasteiger partial charge on any atom is 0.172 e. The molecule has 142 valence electrons. The standard InChI is InChI=1S/C23H32O3/c1-4-22(24)10-8-19-17-6-5-16-15-23(25-13-14-26-23)12-11-20(16,2)18(17)7-9-21(19,22)3/h1,5,17-19,24H,6-15H2,2-3H3/t17?,18?,19?,20-,21-,22-/m0/s1. The van der Waals surface area contributed by atoms with Gasteiger partial charge in [0.25, 0.3) is 0 Å². The molecule has 1 aliphatic heterocycles. The van der Waals surface area contributed by atoms with E-state index in [1.54, 1.807) is 5.57 Å². The minimum Gasteiger partial charge on any atom is -0.377 e. The highest BCUT2D eigenvalue weighted by Gasteiger charge is 2.64. The van der Waals surface area contributed by atoms with Crippen LogP contribution in [0.2, 0.25) is 0 Å². The number of aliphatic hydroxyl groups is 1. The molecule has 0 bridgehead atoms. The topological polar surface area (TPSA) is 38.7 Å². The van der Waals surface area contributed by atoms with Crippen molar-refractivity contribution in [2.24, 2.45) is 28.6 Å². The second-order valence-electron chi connectivity index (χ2n) is 10.0. The Labute approximate surface area is 157 Å². The summed E-state index contributed by atoms with van der Waals surface area (Å²) >= 11 is 0. The maximum atomic E-state index is 11.1. The smallest absolute Gasteiger partial charge is 0.172 e. The van der Waals surface area contributed by atoms with Gasteiger partial charge >= 0.3 is 0 Å². The van der Waals surface area contributed by atoms with Gasteiger partial charge in [0.15, 0.2) is 5.79 Å². The number of terminal acetylenes is 1. The Morgan fingerprint density at radius 3 is 2.54 bits per heavy atom. The van der Waals surface area contributed by atoms with Crippen LogP contribution in [0, 0.1) is 40.9 Å². The third kappa shape index (κ3) is 2.02. The lowest BCUT2D eigenvalue weighted by Crippen LogP contribution is -2.55. The molecule has 26 heavy (non-hydrogen) atoms. The predicted molar refractivity (Wildman–Crippen MR) is 100 cm³/mol. The van der Waals surface area contributed by atoms with Crippen LogP contribution in [0.4, 0.5) is 0 Å². The minimum absolute atomic E-state index is 0.113. The summed E-state index contributed by atoms with van der Waals surface area (Å²) in [6.07, 6.45) is 16.6. The summed E-state index contributed by atoms with van der Waals surface area (Å²) in [5.41, 5.74) is 0.816. The lowest BCUT2D eigenvalue weighted by atomic mass is 9.47. The van der Waals surface area contributed by atoms with Crippen LogP contribution in [0.15, 0.2) is 11.6 Å². The van der Waals surface area contributed by atoms with Crippen molar-refractivity contribution in [3.63, 3.8) is 0 Å². The molecule has 5 aliphatic rings. The Balaban J connectivity index is 1.47. The van der Waals surface area contributed by atoms with Crippen molar-refractivity contribution in [2.45, 2.75) is 76.6 Å². The van der Waals surface area contributed by atoms with E-state index >= 15 is 0 Å². The van der Waals surface area contributed by atoms with Gasteiger partial charge in [-0.3, -0.25) is 0 Å². The van der Waals surface area contributed by atoms with Gasteiger partial charge in [0.1, 0.15) is 5.60 Å². The number of hydrogen-bond acceptors (Lipinski definition) is 3. The molecule has 1 spiro atoms. The van der Waals surface area contributed by atoms with E-state index in [9.17, 15) is 5.11 Å². The predicted octanol–water partition coefficient (Wildman–Crippen LogP) is 4.06. The van der Waals surface area contributed by atoms with Gasteiger partial charge in [-0.2, -0.15) is 0 Å². The zero-order valence-corrected chi connectivity index (χ0v) is 16.2. The quantitative estimate of drug-likeness (QED) is 0.525. The summed E-state index contributed by atoms with van der Waals surface area (Å²) in [7, 11) is 0. The molecule has 0 amide bonds. The van der Waals surface area contributed by atoms with E-state index in [1.165, 1.54) is 6.42 Å². The van der Waals surface area contributed by atoms with Crippen LogP contribution in [0.25, 0.3) is 0 Å². The zero-order chi connectivity index (χ0) is 18.2. The molecular weight excluding hydrogens is 324 g/mol. The highest BCUT2D eigenvalue weighted by atomic mass is 16.7. The van der Waals surface area contributed by atoms with Crippen LogP contribution in [0.5, 0.6) is 0 Å². The molecule has 1 saturated heterocycles. The molecule has 5 rings (SSSR count). The summed E-state index contributed by atoms with van der Waals surface area (Å²) in [5.74, 6) is 4.36. The molecular formula is C23H32O3. The monoisotopic (exact) mass is 356 g/mol. The van der Waals surface area contributed by atoms with Crippen molar-refractivity contribution in [3.05, 3.63) is 11.6 Å². The van der Waals surface area contributed by atoms with E-state index in [0.717, 1.165) is 58.2 Å². The van der Waals surface area contributed by atoms with Gasteiger partial charge < -0.3 is 14.6 Å². The first-order chi connectivity index (χ1) is 12.4. The molecule has 3 unspecified atom stereocenters. The van der Waals surface area contributed by atoms with Crippen molar-refractivity contribution >= 4 is 0 Å². The van der Waals surface area contributed by atoms with Crippen LogP contribution in [-0.4, -0.2) is 29.7 Å². The van der Waals surface area contributed by atoms with Crippen molar-refractivity contribution in [1.29, 1.82) is 0 Å². The molecule has 4 aliphatic carbocycles. The van der Waals surface area contributed by atoms with Gasteiger partial charge in [-0.1, -0.05) is 31.4 Å². The van der Waals surface area contributed by atoms with Crippen LogP contribution in [-0.2, 0) is 9.47 Å². The average molecular weight is 357 g/mol. The van der Waals surface area contributed by atoms with E-state index in [1.807, 2.05) is 0 Å². The Morgan fingerprint density at radius 1 is 1.08 bits per heavy atom. The molecule has 4 fully saturated rings. The van der Waals surface area contributed by atoms with E-state index < -0.39 is 5.60 Å². The average Bonchev–Trinajstić information content (AvgIpc) is 3.19. The molecule has 3 heteroatoms. The summed E-state index contributed by atoms with van der Waals surface area (Å²) in [4.78, 5) is 0. The third-order valence-corrected chi connectivity index (χ3v) is 9.31. The third-order valence-electron chi connectivity index (χ3n) is 9.31. The molecule has 6 atom stereocenters. The first-order valence-corrected chi connectivity index (χ1v) is 10.5. The molecule has 0 aromatic rings. The van der Waals surface area contributed by atoms with Gasteiger partial charge in [0.2, 0.25) is 0 Å². The van der Waals surface area contributed by atoms with Gasteiger partial charge in [-0.15, -0.1) is 6.42 Å². The van der Waals surface area contributed by atoms with Gasteiger partial charge in [0, 0.05) is 18.3 Å². The first-order valence-electron chi connectivity index (χ1n) is 10.5.